The smallest absolute Gasteiger partial charge is 0.330 e. The Bertz CT molecular complexity index is 236. The fourth-order valence-corrected chi connectivity index (χ4v) is 1.16. The Labute approximate surface area is 110 Å². The Morgan fingerprint density at radius 3 is 2.22 bits per heavy atom. The minimum absolute atomic E-state index is 0.222. The van der Waals surface area contributed by atoms with Crippen LogP contribution in [0.15, 0.2) is 12.7 Å². The van der Waals surface area contributed by atoms with Gasteiger partial charge in [0.15, 0.2) is 0 Å². The molecule has 0 aromatic carbocycles. The van der Waals surface area contributed by atoms with Gasteiger partial charge in [0.1, 0.15) is 0 Å². The lowest BCUT2D eigenvalue weighted by molar-refractivity contribution is -0.139. The number of ether oxygens (including phenoxy) is 1. The first-order valence-corrected chi connectivity index (χ1v) is 6.52. The van der Waals surface area contributed by atoms with Crippen molar-refractivity contribution < 1.29 is 19.4 Å². The van der Waals surface area contributed by atoms with Gasteiger partial charge in [-0.25, -0.2) is 4.79 Å². The predicted molar refractivity (Wildman–Crippen MR) is 72.4 cm³/mol. The van der Waals surface area contributed by atoms with Crippen LogP contribution in [0.2, 0.25) is 0 Å². The zero-order valence-corrected chi connectivity index (χ0v) is 11.8. The summed E-state index contributed by atoms with van der Waals surface area (Å²) in [4.78, 5) is 20.1. The molecule has 1 N–H and O–H groups in total. The van der Waals surface area contributed by atoms with Crippen molar-refractivity contribution in [3.8, 4) is 0 Å². The largest absolute Gasteiger partial charge is 0.481 e. The summed E-state index contributed by atoms with van der Waals surface area (Å²) >= 11 is 0. The lowest BCUT2D eigenvalue weighted by atomic mass is 10.0. The molecule has 4 nitrogen and oxygen atoms in total. The average molecular weight is 258 g/mol. The number of hydrogen-bond acceptors (Lipinski definition) is 3. The molecule has 0 heterocycles. The third kappa shape index (κ3) is 14.7. The molecule has 1 atom stereocenters. The van der Waals surface area contributed by atoms with Crippen molar-refractivity contribution >= 4 is 11.9 Å². The maximum absolute atomic E-state index is 10.8. The highest BCUT2D eigenvalue weighted by molar-refractivity contribution is 5.81. The van der Waals surface area contributed by atoms with E-state index >= 15 is 0 Å². The summed E-state index contributed by atoms with van der Waals surface area (Å²) < 4.78 is 4.98. The molecule has 0 spiro atoms. The van der Waals surface area contributed by atoms with E-state index < -0.39 is 5.97 Å². The zero-order valence-electron chi connectivity index (χ0n) is 11.8. The van der Waals surface area contributed by atoms with Crippen LogP contribution in [0.4, 0.5) is 0 Å². The molecule has 0 fully saturated rings. The number of carbonyl (C=O) groups is 2. The van der Waals surface area contributed by atoms with Gasteiger partial charge in [0, 0.05) is 12.5 Å². The Hall–Kier alpha value is -1.32. The Balaban J connectivity index is 0. The first kappa shape index (κ1) is 19.0. The SMILES string of the molecule is C=CC(=O)OCC(CC)CCCC.CCC(=O)O. The quantitative estimate of drug-likeness (QED) is 0.535. The second-order valence-electron chi connectivity index (χ2n) is 4.00. The summed E-state index contributed by atoms with van der Waals surface area (Å²) in [7, 11) is 0. The second kappa shape index (κ2) is 13.7. The van der Waals surface area contributed by atoms with Crippen LogP contribution in [0.5, 0.6) is 0 Å². The summed E-state index contributed by atoms with van der Waals surface area (Å²) in [6, 6.07) is 0. The van der Waals surface area contributed by atoms with Gasteiger partial charge in [0.25, 0.3) is 0 Å². The number of carbonyl (C=O) groups excluding carboxylic acids is 1. The first-order chi connectivity index (χ1) is 8.51. The standard InChI is InChI=1S/C11H20O2.C3H6O2/c1-4-7-8-10(5-2)9-13-11(12)6-3;1-2-3(4)5/h6,10H,3-5,7-9H2,1-2H3;2H2,1H3,(H,4,5). The van der Waals surface area contributed by atoms with Crippen molar-refractivity contribution in [2.75, 3.05) is 6.61 Å². The van der Waals surface area contributed by atoms with E-state index in [1.165, 1.54) is 18.9 Å². The number of rotatable bonds is 8. The number of unbranched alkanes of at least 4 members (excludes halogenated alkanes) is 1. The predicted octanol–water partition coefficient (Wildman–Crippen LogP) is 3.41. The Morgan fingerprint density at radius 1 is 1.33 bits per heavy atom. The minimum Gasteiger partial charge on any atom is -0.481 e. The molecule has 106 valence electrons. The molecule has 18 heavy (non-hydrogen) atoms. The maximum Gasteiger partial charge on any atom is 0.330 e. The van der Waals surface area contributed by atoms with Gasteiger partial charge in [0.05, 0.1) is 6.61 Å². The van der Waals surface area contributed by atoms with Crippen molar-refractivity contribution in [1.82, 2.24) is 0 Å². The van der Waals surface area contributed by atoms with Crippen molar-refractivity contribution in [3.63, 3.8) is 0 Å². The van der Waals surface area contributed by atoms with E-state index in [9.17, 15) is 9.59 Å². The van der Waals surface area contributed by atoms with Gasteiger partial charge >= 0.3 is 11.9 Å². The minimum atomic E-state index is -0.745. The fourth-order valence-electron chi connectivity index (χ4n) is 1.16. The maximum atomic E-state index is 10.8. The van der Waals surface area contributed by atoms with Crippen LogP contribution in [-0.2, 0) is 14.3 Å². The molecule has 0 amide bonds. The van der Waals surface area contributed by atoms with Crippen molar-refractivity contribution in [3.05, 3.63) is 12.7 Å². The Kier molecular flexibility index (Phi) is 14.5. The van der Waals surface area contributed by atoms with E-state index in [-0.39, 0.29) is 12.4 Å². The molecule has 0 radical (unpaired) electrons. The lowest BCUT2D eigenvalue weighted by Gasteiger charge is -2.13. The van der Waals surface area contributed by atoms with Gasteiger partial charge in [-0.05, 0) is 12.3 Å². The van der Waals surface area contributed by atoms with Crippen LogP contribution in [0.25, 0.3) is 0 Å². The molecule has 0 aromatic heterocycles. The van der Waals surface area contributed by atoms with Crippen LogP contribution in [0.1, 0.15) is 52.9 Å². The highest BCUT2D eigenvalue weighted by atomic mass is 16.5. The summed E-state index contributed by atoms with van der Waals surface area (Å²) in [5.41, 5.74) is 0. The number of hydrogen-bond donors (Lipinski definition) is 1. The molecule has 0 aliphatic heterocycles. The second-order valence-corrected chi connectivity index (χ2v) is 4.00. The van der Waals surface area contributed by atoms with Crippen LogP contribution >= 0.6 is 0 Å². The number of carboxylic acids is 1. The van der Waals surface area contributed by atoms with Crippen molar-refractivity contribution in [2.24, 2.45) is 5.92 Å². The monoisotopic (exact) mass is 258 g/mol. The molecule has 0 rings (SSSR count). The number of esters is 1. The van der Waals surface area contributed by atoms with Gasteiger partial charge in [-0.15, -0.1) is 0 Å². The van der Waals surface area contributed by atoms with Gasteiger partial charge in [-0.1, -0.05) is 46.6 Å². The summed E-state index contributed by atoms with van der Waals surface area (Å²) in [6.45, 7) is 9.79. The molecule has 0 aliphatic rings. The van der Waals surface area contributed by atoms with E-state index in [1.54, 1.807) is 6.92 Å². The molecule has 1 unspecified atom stereocenters. The zero-order chi connectivity index (χ0) is 14.4. The highest BCUT2D eigenvalue weighted by Gasteiger charge is 2.07. The average Bonchev–Trinajstić information content (AvgIpc) is 2.39. The molecule has 0 aromatic rings. The van der Waals surface area contributed by atoms with E-state index in [0.29, 0.717) is 12.5 Å². The summed E-state index contributed by atoms with van der Waals surface area (Å²) in [5, 5.41) is 7.72. The summed E-state index contributed by atoms with van der Waals surface area (Å²) in [5.74, 6) is -0.538. The first-order valence-electron chi connectivity index (χ1n) is 6.52. The van der Waals surface area contributed by atoms with E-state index in [0.717, 1.165) is 12.8 Å². The van der Waals surface area contributed by atoms with Gasteiger partial charge in [0.2, 0.25) is 0 Å². The van der Waals surface area contributed by atoms with Gasteiger partial charge in [-0.3, -0.25) is 4.79 Å². The number of aliphatic carboxylic acids is 1. The Morgan fingerprint density at radius 2 is 1.89 bits per heavy atom. The summed E-state index contributed by atoms with van der Waals surface area (Å²) in [6.07, 6.45) is 6.07. The molecule has 0 aliphatic carbocycles. The fraction of sp³-hybridized carbons (Fsp3) is 0.714. The van der Waals surface area contributed by atoms with E-state index in [1.807, 2.05) is 0 Å². The van der Waals surface area contributed by atoms with E-state index in [4.69, 9.17) is 9.84 Å². The van der Waals surface area contributed by atoms with Crippen molar-refractivity contribution in [1.29, 1.82) is 0 Å². The molecular weight excluding hydrogens is 232 g/mol. The van der Waals surface area contributed by atoms with Crippen LogP contribution in [-0.4, -0.2) is 23.7 Å². The highest BCUT2D eigenvalue weighted by Crippen LogP contribution is 2.12. The lowest BCUT2D eigenvalue weighted by Crippen LogP contribution is -2.12. The van der Waals surface area contributed by atoms with Gasteiger partial charge in [-0.2, -0.15) is 0 Å². The molecule has 0 saturated heterocycles. The molecular formula is C14H26O4. The van der Waals surface area contributed by atoms with E-state index in [2.05, 4.69) is 20.4 Å². The van der Waals surface area contributed by atoms with Crippen molar-refractivity contribution in [2.45, 2.75) is 52.9 Å². The van der Waals surface area contributed by atoms with Crippen LogP contribution in [0, 0.1) is 5.92 Å². The van der Waals surface area contributed by atoms with Crippen LogP contribution in [0.3, 0.4) is 0 Å². The van der Waals surface area contributed by atoms with Crippen LogP contribution < -0.4 is 0 Å². The third-order valence-electron chi connectivity index (χ3n) is 2.47. The normalized spacial score (nSPS) is 10.8. The van der Waals surface area contributed by atoms with Gasteiger partial charge < -0.3 is 9.84 Å². The molecule has 0 bridgehead atoms. The molecule has 0 saturated carbocycles. The molecule has 4 heteroatoms. The topological polar surface area (TPSA) is 63.6 Å². The third-order valence-corrected chi connectivity index (χ3v) is 2.47. The number of carboxylic acid groups (broad SMARTS) is 1.